The summed E-state index contributed by atoms with van der Waals surface area (Å²) in [7, 11) is 0. The molecule has 6 nitrogen and oxygen atoms in total. The third-order valence-corrected chi connectivity index (χ3v) is 3.33. The van der Waals surface area contributed by atoms with Crippen LogP contribution in [0.4, 0.5) is 0 Å². The van der Waals surface area contributed by atoms with Gasteiger partial charge in [0, 0.05) is 32.2 Å². The van der Waals surface area contributed by atoms with Crippen molar-refractivity contribution in [1.82, 2.24) is 10.2 Å². The van der Waals surface area contributed by atoms with Gasteiger partial charge in [0.1, 0.15) is 0 Å². The Balaban J connectivity index is 1.97. The minimum Gasteiger partial charge on any atom is -0.389 e. The normalized spacial score (nSPS) is 19.9. The standard InChI is InChI=1S/C15H32N2O4/c1-13(2)21-9-8-20-12-15(18)10-16-14(3)11-17-4-6-19-7-5-17/h13-16,18H,4-12H2,1-3H3. The first-order chi connectivity index (χ1) is 10.1. The maximum atomic E-state index is 9.85. The molecule has 6 heteroatoms. The van der Waals surface area contributed by atoms with E-state index in [-0.39, 0.29) is 6.10 Å². The van der Waals surface area contributed by atoms with Crippen LogP contribution >= 0.6 is 0 Å². The Hall–Kier alpha value is -0.240. The van der Waals surface area contributed by atoms with Gasteiger partial charge < -0.3 is 24.6 Å². The zero-order valence-electron chi connectivity index (χ0n) is 13.7. The Labute approximate surface area is 128 Å². The summed E-state index contributed by atoms with van der Waals surface area (Å²) in [5, 5.41) is 13.2. The molecule has 0 spiro atoms. The van der Waals surface area contributed by atoms with Gasteiger partial charge in [0.15, 0.2) is 0 Å². The van der Waals surface area contributed by atoms with Crippen LogP contribution in [0.1, 0.15) is 20.8 Å². The van der Waals surface area contributed by atoms with Gasteiger partial charge in [-0.15, -0.1) is 0 Å². The van der Waals surface area contributed by atoms with Gasteiger partial charge in [-0.05, 0) is 20.8 Å². The first-order valence-corrected chi connectivity index (χ1v) is 7.98. The smallest absolute Gasteiger partial charge is 0.0897 e. The molecule has 1 heterocycles. The van der Waals surface area contributed by atoms with Crippen LogP contribution in [-0.2, 0) is 14.2 Å². The molecule has 0 aliphatic carbocycles. The molecule has 1 fully saturated rings. The van der Waals surface area contributed by atoms with E-state index in [0.29, 0.717) is 32.4 Å². The van der Waals surface area contributed by atoms with Gasteiger partial charge >= 0.3 is 0 Å². The Morgan fingerprint density at radius 3 is 2.57 bits per heavy atom. The summed E-state index contributed by atoms with van der Waals surface area (Å²) in [4.78, 5) is 2.38. The van der Waals surface area contributed by atoms with E-state index in [4.69, 9.17) is 14.2 Å². The fourth-order valence-corrected chi connectivity index (χ4v) is 2.19. The third-order valence-electron chi connectivity index (χ3n) is 3.33. The van der Waals surface area contributed by atoms with Crippen LogP contribution in [0, 0.1) is 0 Å². The van der Waals surface area contributed by atoms with E-state index < -0.39 is 6.10 Å². The van der Waals surface area contributed by atoms with E-state index in [1.807, 2.05) is 13.8 Å². The molecule has 0 saturated carbocycles. The highest BCUT2D eigenvalue weighted by molar-refractivity contribution is 4.71. The van der Waals surface area contributed by atoms with Crippen molar-refractivity contribution in [2.75, 3.05) is 59.2 Å². The molecule has 1 aliphatic heterocycles. The molecule has 2 atom stereocenters. The van der Waals surface area contributed by atoms with Gasteiger partial charge in [-0.3, -0.25) is 4.90 Å². The molecule has 2 N–H and O–H groups in total. The molecule has 0 aromatic heterocycles. The predicted molar refractivity (Wildman–Crippen MR) is 82.6 cm³/mol. The largest absolute Gasteiger partial charge is 0.389 e. The zero-order chi connectivity index (χ0) is 15.5. The summed E-state index contributed by atoms with van der Waals surface area (Å²) in [5.41, 5.74) is 0. The summed E-state index contributed by atoms with van der Waals surface area (Å²) in [6.45, 7) is 12.7. The maximum absolute atomic E-state index is 9.85. The maximum Gasteiger partial charge on any atom is 0.0897 e. The molecule has 0 radical (unpaired) electrons. The second kappa shape index (κ2) is 11.3. The topological polar surface area (TPSA) is 63.2 Å². The molecule has 0 bridgehead atoms. The number of nitrogens with zero attached hydrogens (tertiary/aromatic N) is 1. The van der Waals surface area contributed by atoms with Crippen molar-refractivity contribution in [2.45, 2.75) is 39.0 Å². The summed E-state index contributed by atoms with van der Waals surface area (Å²) in [6, 6.07) is 0.349. The number of hydrogen-bond donors (Lipinski definition) is 2. The Kier molecular flexibility index (Phi) is 10.2. The summed E-state index contributed by atoms with van der Waals surface area (Å²) in [6.07, 6.45) is -0.252. The van der Waals surface area contributed by atoms with Crippen molar-refractivity contribution in [3.05, 3.63) is 0 Å². The Morgan fingerprint density at radius 1 is 1.19 bits per heavy atom. The Morgan fingerprint density at radius 2 is 1.90 bits per heavy atom. The van der Waals surface area contributed by atoms with Crippen LogP contribution < -0.4 is 5.32 Å². The van der Waals surface area contributed by atoms with Gasteiger partial charge in [0.25, 0.3) is 0 Å². The zero-order valence-corrected chi connectivity index (χ0v) is 13.7. The summed E-state index contributed by atoms with van der Waals surface area (Å²) >= 11 is 0. The number of nitrogens with one attached hydrogen (secondary N) is 1. The lowest BCUT2D eigenvalue weighted by atomic mass is 10.2. The number of rotatable bonds is 11. The van der Waals surface area contributed by atoms with Gasteiger partial charge in [-0.2, -0.15) is 0 Å². The number of aliphatic hydroxyl groups is 1. The molecule has 2 unspecified atom stereocenters. The minimum atomic E-state index is -0.476. The molecule has 21 heavy (non-hydrogen) atoms. The highest BCUT2D eigenvalue weighted by Gasteiger charge is 2.14. The lowest BCUT2D eigenvalue weighted by Gasteiger charge is -2.29. The average molecular weight is 304 g/mol. The minimum absolute atomic E-state index is 0.223. The molecule has 0 aromatic rings. The van der Waals surface area contributed by atoms with Gasteiger partial charge in [0.2, 0.25) is 0 Å². The highest BCUT2D eigenvalue weighted by atomic mass is 16.5. The second-order valence-corrected chi connectivity index (χ2v) is 5.87. The highest BCUT2D eigenvalue weighted by Crippen LogP contribution is 1.98. The van der Waals surface area contributed by atoms with Crippen molar-refractivity contribution >= 4 is 0 Å². The number of aliphatic hydroxyl groups excluding tert-OH is 1. The quantitative estimate of drug-likeness (QED) is 0.528. The van der Waals surface area contributed by atoms with Crippen LogP contribution in [0.2, 0.25) is 0 Å². The van der Waals surface area contributed by atoms with E-state index >= 15 is 0 Å². The summed E-state index contributed by atoms with van der Waals surface area (Å²) in [5.74, 6) is 0. The van der Waals surface area contributed by atoms with Crippen molar-refractivity contribution in [2.24, 2.45) is 0 Å². The van der Waals surface area contributed by atoms with Gasteiger partial charge in [-0.25, -0.2) is 0 Å². The molecule has 0 aromatic carbocycles. The van der Waals surface area contributed by atoms with Crippen molar-refractivity contribution in [1.29, 1.82) is 0 Å². The van der Waals surface area contributed by atoms with Crippen LogP contribution in [0.15, 0.2) is 0 Å². The third kappa shape index (κ3) is 10.2. The first kappa shape index (κ1) is 18.8. The van der Waals surface area contributed by atoms with Crippen molar-refractivity contribution in [3.63, 3.8) is 0 Å². The van der Waals surface area contributed by atoms with Crippen LogP contribution in [0.25, 0.3) is 0 Å². The lowest BCUT2D eigenvalue weighted by Crippen LogP contribution is -2.46. The van der Waals surface area contributed by atoms with Crippen molar-refractivity contribution in [3.8, 4) is 0 Å². The molecule has 0 amide bonds. The van der Waals surface area contributed by atoms with E-state index in [1.165, 1.54) is 0 Å². The van der Waals surface area contributed by atoms with Gasteiger partial charge in [-0.1, -0.05) is 0 Å². The lowest BCUT2D eigenvalue weighted by molar-refractivity contribution is -0.0110. The van der Waals surface area contributed by atoms with E-state index in [0.717, 1.165) is 32.8 Å². The average Bonchev–Trinajstić information content (AvgIpc) is 2.45. The van der Waals surface area contributed by atoms with Gasteiger partial charge in [0.05, 0.1) is 45.2 Å². The van der Waals surface area contributed by atoms with Crippen LogP contribution in [0.5, 0.6) is 0 Å². The molecule has 126 valence electrons. The second-order valence-electron chi connectivity index (χ2n) is 5.87. The van der Waals surface area contributed by atoms with Crippen LogP contribution in [-0.4, -0.2) is 87.5 Å². The Bertz CT molecular complexity index is 248. The number of morpholine rings is 1. The van der Waals surface area contributed by atoms with E-state index in [1.54, 1.807) is 0 Å². The number of hydrogen-bond acceptors (Lipinski definition) is 6. The fraction of sp³-hybridized carbons (Fsp3) is 1.00. The van der Waals surface area contributed by atoms with Crippen molar-refractivity contribution < 1.29 is 19.3 Å². The predicted octanol–water partition coefficient (Wildman–Crippen LogP) is 0.0992. The molecule has 1 aliphatic rings. The molecular formula is C15H32N2O4. The van der Waals surface area contributed by atoms with Crippen LogP contribution in [0.3, 0.4) is 0 Å². The number of ether oxygens (including phenoxy) is 3. The molecule has 1 rings (SSSR count). The SMILES string of the molecule is CC(CN1CCOCC1)NCC(O)COCCOC(C)C. The fourth-order valence-electron chi connectivity index (χ4n) is 2.19. The summed E-state index contributed by atoms with van der Waals surface area (Å²) < 4.78 is 16.1. The molecular weight excluding hydrogens is 272 g/mol. The first-order valence-electron chi connectivity index (χ1n) is 7.98. The monoisotopic (exact) mass is 304 g/mol. The van der Waals surface area contributed by atoms with E-state index in [2.05, 4.69) is 17.1 Å². The van der Waals surface area contributed by atoms with E-state index in [9.17, 15) is 5.11 Å². The molecule has 1 saturated heterocycles.